The molecule has 0 unspecified atom stereocenters. The van der Waals surface area contributed by atoms with Gasteiger partial charge in [-0.1, -0.05) is 68.3 Å². The Labute approximate surface area is 161 Å². The normalized spacial score (nSPS) is 14.9. The Balaban J connectivity index is 2.00. The summed E-state index contributed by atoms with van der Waals surface area (Å²) in [5, 5.41) is 2.88. The number of ether oxygens (including phenoxy) is 1. The molecule has 0 radical (unpaired) electrons. The van der Waals surface area contributed by atoms with E-state index >= 15 is 0 Å². The summed E-state index contributed by atoms with van der Waals surface area (Å²) in [7, 11) is 1.62. The minimum absolute atomic E-state index is 0.263. The highest BCUT2D eigenvalue weighted by Gasteiger charge is 2.15. The van der Waals surface area contributed by atoms with Gasteiger partial charge in [0.15, 0.2) is 0 Å². The first-order valence-electron chi connectivity index (χ1n) is 9.47. The highest BCUT2D eigenvalue weighted by molar-refractivity contribution is 6.01. The number of aromatic nitrogens is 1. The summed E-state index contributed by atoms with van der Waals surface area (Å²) in [6.45, 7) is 3.54. The number of pyridine rings is 1. The van der Waals surface area contributed by atoms with Gasteiger partial charge in [0.1, 0.15) is 0 Å². The van der Waals surface area contributed by atoms with Crippen molar-refractivity contribution in [3.63, 3.8) is 0 Å². The van der Waals surface area contributed by atoms with Crippen LogP contribution in [-0.4, -0.2) is 18.0 Å². The van der Waals surface area contributed by atoms with E-state index in [1.54, 1.807) is 7.11 Å². The largest absolute Gasteiger partial charge is 0.481 e. The van der Waals surface area contributed by atoms with Crippen LogP contribution in [0.15, 0.2) is 55.1 Å². The van der Waals surface area contributed by atoms with Crippen LogP contribution in [0.1, 0.15) is 37.7 Å². The van der Waals surface area contributed by atoms with Crippen molar-refractivity contribution in [3.8, 4) is 17.1 Å². The molecule has 1 aliphatic carbocycles. The first kappa shape index (κ1) is 18.9. The third-order valence-electron chi connectivity index (χ3n) is 4.90. The summed E-state index contributed by atoms with van der Waals surface area (Å²) in [5.74, 6) is 0.891. The van der Waals surface area contributed by atoms with Crippen LogP contribution >= 0.6 is 0 Å². The van der Waals surface area contributed by atoms with Crippen molar-refractivity contribution >= 4 is 17.7 Å². The molecule has 27 heavy (non-hydrogen) atoms. The summed E-state index contributed by atoms with van der Waals surface area (Å²) in [6.07, 6.45) is 12.0. The predicted molar refractivity (Wildman–Crippen MR) is 111 cm³/mol. The SMILES string of the molecule is C=CC(=O)Nc1cc(/C=C/C2CCCCC2)c(OC)nc1-c1ccccc1. The molecule has 0 aliphatic heterocycles. The zero-order chi connectivity index (χ0) is 19.1. The average molecular weight is 362 g/mol. The number of carbonyl (C=O) groups is 1. The van der Waals surface area contributed by atoms with Crippen LogP contribution in [0.3, 0.4) is 0 Å². The molecular weight excluding hydrogens is 336 g/mol. The summed E-state index contributed by atoms with van der Waals surface area (Å²) >= 11 is 0. The second-order valence-electron chi connectivity index (χ2n) is 6.80. The summed E-state index contributed by atoms with van der Waals surface area (Å²) < 4.78 is 5.54. The van der Waals surface area contributed by atoms with E-state index in [0.717, 1.165) is 11.1 Å². The number of nitrogens with one attached hydrogen (secondary N) is 1. The number of hydrogen-bond donors (Lipinski definition) is 1. The minimum atomic E-state index is -0.263. The summed E-state index contributed by atoms with van der Waals surface area (Å²) in [4.78, 5) is 16.6. The number of amides is 1. The van der Waals surface area contributed by atoms with Gasteiger partial charge in [-0.25, -0.2) is 4.98 Å². The van der Waals surface area contributed by atoms with Crippen LogP contribution in [-0.2, 0) is 4.79 Å². The van der Waals surface area contributed by atoms with Crippen molar-refractivity contribution in [3.05, 3.63) is 60.7 Å². The maximum absolute atomic E-state index is 11.9. The standard InChI is InChI=1S/C23H26N2O2/c1-3-21(26)24-20-16-19(15-14-17-10-6-4-7-11-17)23(27-2)25-22(20)18-12-8-5-9-13-18/h3,5,8-9,12-17H,1,4,6-7,10-11H2,2H3,(H,24,26)/b15-14+. The van der Waals surface area contributed by atoms with E-state index in [-0.39, 0.29) is 5.91 Å². The van der Waals surface area contributed by atoms with Gasteiger partial charge in [0.25, 0.3) is 0 Å². The van der Waals surface area contributed by atoms with E-state index in [0.29, 0.717) is 23.2 Å². The first-order chi connectivity index (χ1) is 13.2. The fourth-order valence-electron chi connectivity index (χ4n) is 3.46. The van der Waals surface area contributed by atoms with E-state index in [1.807, 2.05) is 36.4 Å². The van der Waals surface area contributed by atoms with Crippen molar-refractivity contribution in [1.82, 2.24) is 4.98 Å². The zero-order valence-electron chi connectivity index (χ0n) is 15.8. The van der Waals surface area contributed by atoms with Gasteiger partial charge < -0.3 is 10.1 Å². The van der Waals surface area contributed by atoms with E-state index < -0.39 is 0 Å². The molecule has 0 bridgehead atoms. The summed E-state index contributed by atoms with van der Waals surface area (Å²) in [6, 6.07) is 11.7. The van der Waals surface area contributed by atoms with Gasteiger partial charge in [0.2, 0.25) is 11.8 Å². The zero-order valence-corrected chi connectivity index (χ0v) is 15.8. The number of carbonyl (C=O) groups excluding carboxylic acids is 1. The Kier molecular flexibility index (Phi) is 6.42. The van der Waals surface area contributed by atoms with Crippen molar-refractivity contribution in [2.24, 2.45) is 5.92 Å². The molecule has 140 valence electrons. The Bertz CT molecular complexity index is 822. The topological polar surface area (TPSA) is 51.2 Å². The fraction of sp³-hybridized carbons (Fsp3) is 0.304. The van der Waals surface area contributed by atoms with Gasteiger partial charge in [0.05, 0.1) is 18.5 Å². The number of methoxy groups -OCH3 is 1. The third kappa shape index (κ3) is 4.85. The molecule has 0 atom stereocenters. The number of anilines is 1. The van der Waals surface area contributed by atoms with Crippen LogP contribution in [0.25, 0.3) is 17.3 Å². The van der Waals surface area contributed by atoms with Crippen LogP contribution in [0.4, 0.5) is 5.69 Å². The molecule has 1 saturated carbocycles. The number of nitrogens with zero attached hydrogens (tertiary/aromatic N) is 1. The van der Waals surface area contributed by atoms with E-state index in [4.69, 9.17) is 4.74 Å². The molecule has 0 spiro atoms. The molecule has 0 saturated heterocycles. The molecule has 2 aromatic rings. The Morgan fingerprint density at radius 1 is 1.22 bits per heavy atom. The fourth-order valence-corrected chi connectivity index (χ4v) is 3.46. The van der Waals surface area contributed by atoms with Gasteiger partial charge in [-0.05, 0) is 30.9 Å². The van der Waals surface area contributed by atoms with Gasteiger partial charge in [-0.15, -0.1) is 0 Å². The van der Waals surface area contributed by atoms with Crippen molar-refractivity contribution in [2.75, 3.05) is 12.4 Å². The van der Waals surface area contributed by atoms with Crippen molar-refractivity contribution < 1.29 is 9.53 Å². The molecule has 4 nitrogen and oxygen atoms in total. The third-order valence-corrected chi connectivity index (χ3v) is 4.90. The number of benzene rings is 1. The quantitative estimate of drug-likeness (QED) is 0.693. The van der Waals surface area contributed by atoms with Gasteiger partial charge >= 0.3 is 0 Å². The Morgan fingerprint density at radius 3 is 2.63 bits per heavy atom. The van der Waals surface area contributed by atoms with Gasteiger partial charge in [-0.2, -0.15) is 0 Å². The summed E-state index contributed by atoms with van der Waals surface area (Å²) in [5.41, 5.74) is 3.10. The van der Waals surface area contributed by atoms with E-state index in [2.05, 4.69) is 29.0 Å². The Morgan fingerprint density at radius 2 is 1.96 bits per heavy atom. The second-order valence-corrected chi connectivity index (χ2v) is 6.80. The molecule has 1 N–H and O–H groups in total. The molecular formula is C23H26N2O2. The van der Waals surface area contributed by atoms with Crippen molar-refractivity contribution in [1.29, 1.82) is 0 Å². The van der Waals surface area contributed by atoms with E-state index in [9.17, 15) is 4.79 Å². The highest BCUT2D eigenvalue weighted by atomic mass is 16.5. The number of allylic oxidation sites excluding steroid dienone is 1. The van der Waals surface area contributed by atoms with Gasteiger partial charge in [0, 0.05) is 11.1 Å². The molecule has 1 amide bonds. The molecule has 1 aromatic heterocycles. The van der Waals surface area contributed by atoms with Crippen LogP contribution in [0.5, 0.6) is 5.88 Å². The molecule has 1 fully saturated rings. The monoisotopic (exact) mass is 362 g/mol. The van der Waals surface area contributed by atoms with Gasteiger partial charge in [-0.3, -0.25) is 4.79 Å². The van der Waals surface area contributed by atoms with Crippen molar-refractivity contribution in [2.45, 2.75) is 32.1 Å². The number of hydrogen-bond acceptors (Lipinski definition) is 3. The highest BCUT2D eigenvalue weighted by Crippen LogP contribution is 2.33. The molecule has 3 rings (SSSR count). The molecule has 4 heteroatoms. The smallest absolute Gasteiger partial charge is 0.247 e. The van der Waals surface area contributed by atoms with E-state index in [1.165, 1.54) is 38.2 Å². The molecule has 1 aliphatic rings. The molecule has 1 aromatic carbocycles. The first-order valence-corrected chi connectivity index (χ1v) is 9.47. The lowest BCUT2D eigenvalue weighted by Crippen LogP contribution is -2.10. The van der Waals surface area contributed by atoms with Crippen LogP contribution < -0.4 is 10.1 Å². The Hall–Kier alpha value is -2.88. The average Bonchev–Trinajstić information content (AvgIpc) is 2.73. The second kappa shape index (κ2) is 9.17. The minimum Gasteiger partial charge on any atom is -0.481 e. The maximum Gasteiger partial charge on any atom is 0.247 e. The lowest BCUT2D eigenvalue weighted by Gasteiger charge is -2.18. The lowest BCUT2D eigenvalue weighted by atomic mass is 9.89. The number of rotatable bonds is 6. The van der Waals surface area contributed by atoms with Crippen LogP contribution in [0.2, 0.25) is 0 Å². The maximum atomic E-state index is 11.9. The molecule has 1 heterocycles. The van der Waals surface area contributed by atoms with Crippen LogP contribution in [0, 0.1) is 5.92 Å². The lowest BCUT2D eigenvalue weighted by molar-refractivity contribution is -0.111. The predicted octanol–water partition coefficient (Wildman–Crippen LogP) is 5.48.